The number of hydrogen-bond donors (Lipinski definition) is 3. The van der Waals surface area contributed by atoms with Crippen molar-refractivity contribution in [2.24, 2.45) is 12.5 Å². The van der Waals surface area contributed by atoms with Gasteiger partial charge in [-0.1, -0.05) is 62.7 Å². The number of nitrogens with one attached hydrogen (secondary N) is 3. The van der Waals surface area contributed by atoms with Gasteiger partial charge < -0.3 is 20.7 Å². The molecule has 4 aromatic rings. The molecule has 0 aliphatic carbocycles. The van der Waals surface area contributed by atoms with Crippen LogP contribution in [0.2, 0.25) is 5.02 Å². The van der Waals surface area contributed by atoms with E-state index in [1.165, 1.54) is 0 Å². The average Bonchev–Trinajstić information content (AvgIpc) is 3.30. The summed E-state index contributed by atoms with van der Waals surface area (Å²) in [6, 6.07) is 22.7. The molecule has 0 bridgehead atoms. The number of aromatic nitrogens is 2. The summed E-state index contributed by atoms with van der Waals surface area (Å²) in [6.07, 6.45) is 0. The third kappa shape index (κ3) is 7.73. The van der Waals surface area contributed by atoms with Gasteiger partial charge in [0.25, 0.3) is 11.8 Å². The Hall–Kier alpha value is -4.63. The van der Waals surface area contributed by atoms with Crippen LogP contribution in [0.4, 0.5) is 11.5 Å². The van der Waals surface area contributed by atoms with E-state index >= 15 is 0 Å². The Morgan fingerprint density at radius 1 is 0.902 bits per heavy atom. The number of amides is 3. The van der Waals surface area contributed by atoms with Crippen LogP contribution in [0.1, 0.15) is 41.5 Å². The lowest BCUT2D eigenvalue weighted by Gasteiger charge is -2.17. The summed E-state index contributed by atoms with van der Waals surface area (Å²) in [5.74, 6) is 0.366. The molecule has 3 N–H and O–H groups in total. The molecule has 41 heavy (non-hydrogen) atoms. The van der Waals surface area contributed by atoms with Crippen LogP contribution in [0, 0.1) is 5.41 Å². The fourth-order valence-electron chi connectivity index (χ4n) is 3.81. The van der Waals surface area contributed by atoms with E-state index in [-0.39, 0.29) is 24.3 Å². The molecule has 3 aromatic carbocycles. The molecule has 0 radical (unpaired) electrons. The molecular formula is C31H32ClN5O4. The van der Waals surface area contributed by atoms with Gasteiger partial charge in [0.05, 0.1) is 22.8 Å². The van der Waals surface area contributed by atoms with Gasteiger partial charge in [0.1, 0.15) is 18.2 Å². The van der Waals surface area contributed by atoms with E-state index in [0.717, 1.165) is 5.56 Å². The molecule has 0 saturated heterocycles. The lowest BCUT2D eigenvalue weighted by Crippen LogP contribution is -2.37. The van der Waals surface area contributed by atoms with Crippen molar-refractivity contribution in [1.29, 1.82) is 0 Å². The Bertz CT molecular complexity index is 1560. The molecule has 0 spiro atoms. The van der Waals surface area contributed by atoms with Crippen molar-refractivity contribution in [2.75, 3.05) is 23.8 Å². The Morgan fingerprint density at radius 3 is 2.34 bits per heavy atom. The Balaban J connectivity index is 1.35. The number of hydrogen-bond acceptors (Lipinski definition) is 5. The van der Waals surface area contributed by atoms with Crippen molar-refractivity contribution in [1.82, 2.24) is 15.1 Å². The van der Waals surface area contributed by atoms with Crippen LogP contribution in [0.15, 0.2) is 78.9 Å². The third-order valence-corrected chi connectivity index (χ3v) is 6.44. The van der Waals surface area contributed by atoms with Crippen molar-refractivity contribution in [3.63, 3.8) is 0 Å². The Morgan fingerprint density at radius 2 is 1.63 bits per heavy atom. The number of halogens is 1. The second-order valence-corrected chi connectivity index (χ2v) is 10.8. The van der Waals surface area contributed by atoms with Crippen molar-refractivity contribution < 1.29 is 19.1 Å². The molecule has 0 unspecified atom stereocenters. The van der Waals surface area contributed by atoms with E-state index in [4.69, 9.17) is 16.3 Å². The number of carbonyl (C=O) groups is 3. The number of carbonyl (C=O) groups excluding carboxylic acids is 3. The number of ether oxygens (including phenoxy) is 1. The predicted octanol–water partition coefficient (Wildman–Crippen LogP) is 5.79. The molecule has 0 saturated carbocycles. The third-order valence-electron chi connectivity index (χ3n) is 6.11. The number of aryl methyl sites for hydroxylation is 1. The normalized spacial score (nSPS) is 11.0. The quantitative estimate of drug-likeness (QED) is 0.219. The first-order valence-electron chi connectivity index (χ1n) is 13.0. The monoisotopic (exact) mass is 573 g/mol. The van der Waals surface area contributed by atoms with Gasteiger partial charge in [-0.05, 0) is 42.5 Å². The molecule has 0 atom stereocenters. The highest BCUT2D eigenvalue weighted by Crippen LogP contribution is 2.25. The van der Waals surface area contributed by atoms with Crippen molar-refractivity contribution in [3.05, 3.63) is 95.0 Å². The summed E-state index contributed by atoms with van der Waals surface area (Å²) < 4.78 is 7.30. The second-order valence-electron chi connectivity index (χ2n) is 10.4. The fraction of sp³-hybridized carbons (Fsp3) is 0.226. The first-order valence-corrected chi connectivity index (χ1v) is 13.4. The largest absolute Gasteiger partial charge is 0.492 e. The van der Waals surface area contributed by atoms with Gasteiger partial charge in [0, 0.05) is 35.3 Å². The van der Waals surface area contributed by atoms with Gasteiger partial charge >= 0.3 is 0 Å². The van der Waals surface area contributed by atoms with E-state index < -0.39 is 5.41 Å². The minimum atomic E-state index is -0.470. The number of rotatable bonds is 9. The van der Waals surface area contributed by atoms with Crippen LogP contribution >= 0.6 is 11.6 Å². The zero-order chi connectivity index (χ0) is 29.6. The highest BCUT2D eigenvalue weighted by molar-refractivity contribution is 6.34. The van der Waals surface area contributed by atoms with Gasteiger partial charge in [-0.25, -0.2) is 0 Å². The maximum atomic E-state index is 13.0. The van der Waals surface area contributed by atoms with E-state index in [1.807, 2.05) is 32.9 Å². The molecule has 0 aliphatic heterocycles. The van der Waals surface area contributed by atoms with Crippen LogP contribution in [-0.4, -0.2) is 40.7 Å². The Kier molecular flexibility index (Phi) is 9.09. The highest BCUT2D eigenvalue weighted by Gasteiger charge is 2.20. The maximum Gasteiger partial charge on any atom is 0.257 e. The van der Waals surface area contributed by atoms with Crippen LogP contribution in [-0.2, 0) is 11.8 Å². The smallest absolute Gasteiger partial charge is 0.257 e. The number of nitrogens with zero attached hydrogens (tertiary/aromatic N) is 2. The molecule has 9 nitrogen and oxygen atoms in total. The molecule has 1 aromatic heterocycles. The molecule has 3 amide bonds. The zero-order valence-corrected chi connectivity index (χ0v) is 24.1. The summed E-state index contributed by atoms with van der Waals surface area (Å²) in [4.78, 5) is 37.5. The van der Waals surface area contributed by atoms with Gasteiger partial charge in [-0.2, -0.15) is 5.10 Å². The lowest BCUT2D eigenvalue weighted by molar-refractivity contribution is -0.128. The zero-order valence-electron chi connectivity index (χ0n) is 23.3. The van der Waals surface area contributed by atoms with Crippen molar-refractivity contribution >= 4 is 40.8 Å². The molecule has 0 aliphatic rings. The summed E-state index contributed by atoms with van der Waals surface area (Å²) in [5.41, 5.74) is 2.42. The van der Waals surface area contributed by atoms with E-state index in [9.17, 15) is 14.4 Å². The van der Waals surface area contributed by atoms with Gasteiger partial charge in [0.2, 0.25) is 5.91 Å². The SMILES string of the molecule is Cn1nc(-c2ccc(NC(=O)c3ccccc3Cl)cc2)cc1NC(=O)c1cccc(OCCNC(=O)C(C)(C)C)c1. The summed E-state index contributed by atoms with van der Waals surface area (Å²) in [6.45, 7) is 6.17. The average molecular weight is 574 g/mol. The molecule has 1 heterocycles. The first kappa shape index (κ1) is 29.4. The summed E-state index contributed by atoms with van der Waals surface area (Å²) in [5, 5.41) is 13.4. The van der Waals surface area contributed by atoms with Crippen LogP contribution in [0.3, 0.4) is 0 Å². The van der Waals surface area contributed by atoms with Gasteiger partial charge in [-0.3, -0.25) is 19.1 Å². The van der Waals surface area contributed by atoms with Crippen LogP contribution in [0.25, 0.3) is 11.3 Å². The minimum Gasteiger partial charge on any atom is -0.492 e. The topological polar surface area (TPSA) is 114 Å². The summed E-state index contributed by atoms with van der Waals surface area (Å²) >= 11 is 6.12. The standard InChI is InChI=1S/C31H32ClN5O4/c1-31(2,3)30(40)33-16-17-41-23-9-7-8-21(18-23)28(38)35-27-19-26(36-37(27)4)20-12-14-22(15-13-20)34-29(39)24-10-5-6-11-25(24)32/h5-15,18-19H,16-17H2,1-4H3,(H,33,40)(H,34,39)(H,35,38). The summed E-state index contributed by atoms with van der Waals surface area (Å²) in [7, 11) is 1.74. The number of anilines is 2. The van der Waals surface area contributed by atoms with E-state index in [1.54, 1.807) is 78.5 Å². The first-order chi connectivity index (χ1) is 19.5. The Labute approximate surface area is 243 Å². The molecule has 0 fully saturated rings. The second kappa shape index (κ2) is 12.7. The molecule has 4 rings (SSSR count). The van der Waals surface area contributed by atoms with Crippen molar-refractivity contribution in [2.45, 2.75) is 20.8 Å². The lowest BCUT2D eigenvalue weighted by atomic mass is 9.96. The van der Waals surface area contributed by atoms with E-state index in [2.05, 4.69) is 21.0 Å². The molecule has 212 valence electrons. The van der Waals surface area contributed by atoms with Crippen molar-refractivity contribution in [3.8, 4) is 17.0 Å². The molecule has 10 heteroatoms. The van der Waals surface area contributed by atoms with Crippen LogP contribution in [0.5, 0.6) is 5.75 Å². The fourth-order valence-corrected chi connectivity index (χ4v) is 4.03. The van der Waals surface area contributed by atoms with E-state index in [0.29, 0.717) is 45.6 Å². The maximum absolute atomic E-state index is 13.0. The van der Waals surface area contributed by atoms with Crippen LogP contribution < -0.4 is 20.7 Å². The highest BCUT2D eigenvalue weighted by atomic mass is 35.5. The predicted molar refractivity (Wildman–Crippen MR) is 160 cm³/mol. The van der Waals surface area contributed by atoms with Gasteiger partial charge in [-0.15, -0.1) is 0 Å². The number of benzene rings is 3. The molecular weight excluding hydrogens is 542 g/mol. The van der Waals surface area contributed by atoms with Gasteiger partial charge in [0.15, 0.2) is 0 Å². The minimum absolute atomic E-state index is 0.0547.